The van der Waals surface area contributed by atoms with Crippen LogP contribution in [0.25, 0.3) is 0 Å². The maximum atomic E-state index is 12.5. The Morgan fingerprint density at radius 2 is 1.67 bits per heavy atom. The number of hydrogen-bond acceptors (Lipinski definition) is 14. The lowest BCUT2D eigenvalue weighted by Crippen LogP contribution is -2.66. The van der Waals surface area contributed by atoms with Crippen LogP contribution in [0, 0.1) is 0 Å². The van der Waals surface area contributed by atoms with Gasteiger partial charge < -0.3 is 59.5 Å². The minimum atomic E-state index is -5.83. The smallest absolute Gasteiger partial charge is 0.393 e. The number of aromatic nitrogens is 2. The molecule has 21 heteroatoms. The van der Waals surface area contributed by atoms with Crippen molar-refractivity contribution in [3.8, 4) is 0 Å². The van der Waals surface area contributed by atoms with Crippen LogP contribution >= 0.6 is 15.4 Å². The summed E-state index contributed by atoms with van der Waals surface area (Å²) >= 11 is 0. The zero-order valence-corrected chi connectivity index (χ0v) is 19.6. The van der Waals surface area contributed by atoms with Gasteiger partial charge in [-0.2, -0.15) is 0 Å². The number of H-pyrrole nitrogens is 1. The van der Waals surface area contributed by atoms with E-state index in [1.807, 2.05) is 4.98 Å². The fourth-order valence-corrected chi connectivity index (χ4v) is 6.28. The summed E-state index contributed by atoms with van der Waals surface area (Å²) in [7, 11) is -11.5. The van der Waals surface area contributed by atoms with Gasteiger partial charge in [0.2, 0.25) is 5.34 Å². The first-order chi connectivity index (χ1) is 16.5. The maximum absolute atomic E-state index is 12.5. The average molecular weight is 566 g/mol. The zero-order chi connectivity index (χ0) is 27.2. The van der Waals surface area contributed by atoms with Gasteiger partial charge in [0, 0.05) is 12.3 Å². The lowest BCUT2D eigenvalue weighted by molar-refractivity contribution is -0.322. The van der Waals surface area contributed by atoms with Crippen molar-refractivity contribution < 1.29 is 73.0 Å². The van der Waals surface area contributed by atoms with Crippen LogP contribution in [0.4, 0.5) is 0 Å². The predicted octanol–water partition coefficient (Wildman–Crippen LogP) is -5.41. The molecule has 3 rings (SSSR count). The van der Waals surface area contributed by atoms with E-state index in [1.54, 1.807) is 0 Å². The van der Waals surface area contributed by atoms with Crippen molar-refractivity contribution in [3.63, 3.8) is 0 Å². The average Bonchev–Trinajstić information content (AvgIpc) is 3.04. The van der Waals surface area contributed by atoms with Crippen molar-refractivity contribution >= 4 is 15.4 Å². The number of rotatable bonds is 8. The van der Waals surface area contributed by atoms with Crippen LogP contribution in [0.2, 0.25) is 0 Å². The Bertz CT molecular complexity index is 1150. The Labute approximate surface area is 199 Å². The number of aliphatic hydroxyl groups is 6. The molecule has 2 aliphatic rings. The molecule has 19 nitrogen and oxygen atoms in total. The number of aliphatic hydroxyl groups excluding tert-OH is 6. The lowest BCUT2D eigenvalue weighted by Gasteiger charge is -2.48. The van der Waals surface area contributed by atoms with Crippen molar-refractivity contribution in [2.45, 2.75) is 54.5 Å². The fourth-order valence-electron chi connectivity index (χ4n) is 3.67. The second kappa shape index (κ2) is 10.4. The van der Waals surface area contributed by atoms with Crippen LogP contribution in [0.15, 0.2) is 21.9 Å². The van der Waals surface area contributed by atoms with Gasteiger partial charge in [-0.1, -0.05) is 0 Å². The van der Waals surface area contributed by atoms with Crippen molar-refractivity contribution in [3.05, 3.63) is 33.1 Å². The number of hydrogen-bond donors (Lipinski definition) is 10. The molecule has 0 saturated carbocycles. The Kier molecular flexibility index (Phi) is 8.44. The summed E-state index contributed by atoms with van der Waals surface area (Å²) in [5.74, 6) is 0. The molecular formula is C15H24N2O17P2. The van der Waals surface area contributed by atoms with Crippen molar-refractivity contribution in [2.75, 3.05) is 13.2 Å². The second-order valence-corrected chi connectivity index (χ2v) is 11.3. The van der Waals surface area contributed by atoms with E-state index < -0.39 is 94.4 Å². The van der Waals surface area contributed by atoms with Crippen LogP contribution in [-0.4, -0.2) is 116 Å². The van der Waals surface area contributed by atoms with Crippen molar-refractivity contribution in [1.29, 1.82) is 0 Å². The number of phosphoric acid groups is 1. The van der Waals surface area contributed by atoms with E-state index >= 15 is 0 Å². The van der Waals surface area contributed by atoms with E-state index in [2.05, 4.69) is 4.31 Å². The molecular weight excluding hydrogens is 542 g/mol. The van der Waals surface area contributed by atoms with Gasteiger partial charge in [0.05, 0.1) is 13.2 Å². The molecule has 1 aromatic heterocycles. The van der Waals surface area contributed by atoms with E-state index in [9.17, 15) is 54.3 Å². The van der Waals surface area contributed by atoms with Gasteiger partial charge >= 0.3 is 21.1 Å². The predicted molar refractivity (Wildman–Crippen MR) is 109 cm³/mol. The van der Waals surface area contributed by atoms with E-state index in [0.717, 1.165) is 16.8 Å². The number of nitrogens with zero attached hydrogens (tertiary/aromatic N) is 1. The van der Waals surface area contributed by atoms with Gasteiger partial charge in [0.15, 0.2) is 12.5 Å². The van der Waals surface area contributed by atoms with Crippen LogP contribution < -0.4 is 11.2 Å². The summed E-state index contributed by atoms with van der Waals surface area (Å²) in [5, 5.41) is 57.4. The fraction of sp³-hybridized carbons (Fsp3) is 0.733. The molecule has 2 aliphatic heterocycles. The Morgan fingerprint density at radius 1 is 1.03 bits per heavy atom. The molecule has 0 bridgehead atoms. The molecule has 1 aromatic rings. The highest BCUT2D eigenvalue weighted by atomic mass is 31.3. The summed E-state index contributed by atoms with van der Waals surface area (Å²) in [4.78, 5) is 53.0. The molecule has 0 aromatic carbocycles. The lowest BCUT2D eigenvalue weighted by atomic mass is 9.98. The SMILES string of the molecule is O=c1ccn([C@@H]2O[C@H](CO[C@H]3O[C@@](CO)(P(=O)(O)OP(=O)(O)O)[C@@H](O)[C@H](O)[C@@H]3O)[C@@H](O)[C@H]2O)c(=O)[nH]1. The van der Waals surface area contributed by atoms with Gasteiger partial charge in [-0.3, -0.25) is 18.9 Å². The minimum Gasteiger partial charge on any atom is -0.393 e. The molecule has 2 saturated heterocycles. The highest BCUT2D eigenvalue weighted by Crippen LogP contribution is 2.67. The summed E-state index contributed by atoms with van der Waals surface area (Å²) in [6, 6.07) is 0.938. The van der Waals surface area contributed by atoms with Crippen LogP contribution in [-0.2, 0) is 27.7 Å². The third kappa shape index (κ3) is 5.41. The monoisotopic (exact) mass is 566 g/mol. The van der Waals surface area contributed by atoms with Crippen molar-refractivity contribution in [1.82, 2.24) is 9.55 Å². The molecule has 3 heterocycles. The first-order valence-electron chi connectivity index (χ1n) is 9.92. The number of nitrogens with one attached hydrogen (secondary N) is 1. The van der Waals surface area contributed by atoms with Crippen LogP contribution in [0.1, 0.15) is 6.23 Å². The van der Waals surface area contributed by atoms with Gasteiger partial charge in [-0.25, -0.2) is 13.7 Å². The normalized spacial score (nSPS) is 39.1. The standard InChI is InChI=1S/C15H24N2O17P2/c18-4-15(35(26,27)34-36(28,29)30)11(24)8(21)10(23)13(33-15)31-3-5-7(20)9(22)12(32-5)17-2-1-6(19)16-14(17)25/h1-2,5,7-13,18,20-24H,3-4H2,(H,26,27)(H,16,19,25)(H2,28,29,30)/t5-,7-,8-,9-,10+,11+,12-,13+,15+/m1/s1. The van der Waals surface area contributed by atoms with Gasteiger partial charge in [-0.05, 0) is 0 Å². The van der Waals surface area contributed by atoms with E-state index in [1.165, 1.54) is 0 Å². The maximum Gasteiger partial charge on any atom is 0.476 e. The Balaban J connectivity index is 1.80. The molecule has 206 valence electrons. The third-order valence-corrected chi connectivity index (χ3v) is 8.75. The zero-order valence-electron chi connectivity index (χ0n) is 17.8. The molecule has 2 fully saturated rings. The highest BCUT2D eigenvalue weighted by Gasteiger charge is 2.65. The first kappa shape index (κ1) is 29.2. The first-order valence-corrected chi connectivity index (χ1v) is 13.0. The molecule has 10 N–H and O–H groups in total. The van der Waals surface area contributed by atoms with E-state index in [-0.39, 0.29) is 0 Å². The summed E-state index contributed by atoms with van der Waals surface area (Å²) in [6.45, 7) is -2.47. The molecule has 1 unspecified atom stereocenters. The molecule has 0 amide bonds. The van der Waals surface area contributed by atoms with Gasteiger partial charge in [0.25, 0.3) is 5.56 Å². The minimum absolute atomic E-state index is 0.746. The molecule has 36 heavy (non-hydrogen) atoms. The highest BCUT2D eigenvalue weighted by molar-refractivity contribution is 7.64. The molecule has 0 radical (unpaired) electrons. The van der Waals surface area contributed by atoms with Crippen LogP contribution in [0.5, 0.6) is 0 Å². The second-order valence-electron chi connectivity index (χ2n) is 7.90. The Hall–Kier alpha value is -1.38. The summed E-state index contributed by atoms with van der Waals surface area (Å²) in [6.07, 6.45) is -14.9. The molecule has 10 atom stereocenters. The summed E-state index contributed by atoms with van der Waals surface area (Å²) in [5.41, 5.74) is -1.73. The summed E-state index contributed by atoms with van der Waals surface area (Å²) < 4.78 is 43.7. The van der Waals surface area contributed by atoms with E-state index in [4.69, 9.17) is 24.0 Å². The molecule has 0 aliphatic carbocycles. The third-order valence-electron chi connectivity index (χ3n) is 5.54. The largest absolute Gasteiger partial charge is 0.476 e. The van der Waals surface area contributed by atoms with Crippen LogP contribution in [0.3, 0.4) is 0 Å². The van der Waals surface area contributed by atoms with E-state index in [0.29, 0.717) is 0 Å². The van der Waals surface area contributed by atoms with Crippen molar-refractivity contribution in [2.24, 2.45) is 0 Å². The van der Waals surface area contributed by atoms with Gasteiger partial charge in [0.1, 0.15) is 36.6 Å². The quantitative estimate of drug-likeness (QED) is 0.131. The topological polar surface area (TPSA) is 308 Å². The molecule has 0 spiro atoms. The Morgan fingerprint density at radius 3 is 2.22 bits per heavy atom. The number of ether oxygens (including phenoxy) is 3. The van der Waals surface area contributed by atoms with Gasteiger partial charge in [-0.15, -0.1) is 0 Å². The number of aromatic amines is 1.